The van der Waals surface area contributed by atoms with E-state index >= 15 is 0 Å². The number of nitrogens with zero attached hydrogens (tertiary/aromatic N) is 1. The molecule has 0 bridgehead atoms. The van der Waals surface area contributed by atoms with Gasteiger partial charge in [0.05, 0.1) is 13.1 Å². The minimum atomic E-state index is 0.204. The van der Waals surface area contributed by atoms with E-state index in [-0.39, 0.29) is 5.91 Å². The molecule has 1 aromatic rings. The maximum absolute atomic E-state index is 11.7. The van der Waals surface area contributed by atoms with Gasteiger partial charge in [-0.05, 0) is 5.56 Å². The second kappa shape index (κ2) is 4.45. The maximum Gasteiger partial charge on any atom is 0.275 e. The predicted octanol–water partition coefficient (Wildman–Crippen LogP) is -0.295. The molecule has 80 valence electrons. The van der Waals surface area contributed by atoms with Gasteiger partial charge in [0.25, 0.3) is 5.91 Å². The fourth-order valence-corrected chi connectivity index (χ4v) is 1.80. The molecule has 1 amide bonds. The van der Waals surface area contributed by atoms with Crippen molar-refractivity contribution in [2.75, 3.05) is 19.6 Å². The van der Waals surface area contributed by atoms with Crippen LogP contribution in [0.15, 0.2) is 30.3 Å². The Morgan fingerprint density at radius 3 is 2.73 bits per heavy atom. The second-order valence-corrected chi connectivity index (χ2v) is 3.98. The van der Waals surface area contributed by atoms with E-state index in [9.17, 15) is 4.79 Å². The molecule has 0 spiro atoms. The number of nitrogens with one attached hydrogen (secondary N) is 1. The lowest BCUT2D eigenvalue weighted by atomic mass is 10.2. The van der Waals surface area contributed by atoms with Crippen LogP contribution in [0.3, 0.4) is 0 Å². The van der Waals surface area contributed by atoms with Gasteiger partial charge in [-0.2, -0.15) is 7.05 Å². The molecule has 1 saturated heterocycles. The summed E-state index contributed by atoms with van der Waals surface area (Å²) in [6, 6.07) is 10.1. The Morgan fingerprint density at radius 2 is 2.07 bits per heavy atom. The van der Waals surface area contributed by atoms with Gasteiger partial charge in [0.1, 0.15) is 6.54 Å². The van der Waals surface area contributed by atoms with Crippen molar-refractivity contribution in [1.82, 2.24) is 4.90 Å². The first-order valence-corrected chi connectivity index (χ1v) is 5.24. The van der Waals surface area contributed by atoms with Gasteiger partial charge in [0.2, 0.25) is 0 Å². The molecule has 1 heterocycles. The Balaban J connectivity index is 1.98. The summed E-state index contributed by atoms with van der Waals surface area (Å²) in [5, 5.41) is 0. The average Bonchev–Trinajstić information content (AvgIpc) is 2.24. The van der Waals surface area contributed by atoms with E-state index in [4.69, 9.17) is 0 Å². The molecule has 0 radical (unpaired) electrons. The van der Waals surface area contributed by atoms with Gasteiger partial charge in [0, 0.05) is 6.54 Å². The van der Waals surface area contributed by atoms with Crippen LogP contribution in [0.4, 0.5) is 0 Å². The highest BCUT2D eigenvalue weighted by atomic mass is 16.2. The summed E-state index contributed by atoms with van der Waals surface area (Å²) in [6.07, 6.45) is 0. The van der Waals surface area contributed by atoms with Crippen LogP contribution in [0.25, 0.3) is 0 Å². The standard InChI is InChI=1S/C12H16N2O/c1-13-7-8-14(12(15)10-13)9-11-5-3-2-4-6-11/h2-6,13H,1,7-10H2. The summed E-state index contributed by atoms with van der Waals surface area (Å²) in [7, 11) is 3.86. The Morgan fingerprint density at radius 1 is 1.33 bits per heavy atom. The van der Waals surface area contributed by atoms with Crippen molar-refractivity contribution in [3.8, 4) is 0 Å². The number of carbonyl (C=O) groups excluding carboxylic acids is 1. The van der Waals surface area contributed by atoms with Crippen molar-refractivity contribution < 1.29 is 9.69 Å². The van der Waals surface area contributed by atoms with E-state index in [0.717, 1.165) is 24.5 Å². The molecule has 1 N–H and O–H groups in total. The number of hydrogen-bond donors (Lipinski definition) is 1. The third-order valence-corrected chi connectivity index (χ3v) is 2.71. The third kappa shape index (κ3) is 2.57. The molecule has 1 aromatic carbocycles. The van der Waals surface area contributed by atoms with E-state index in [2.05, 4.69) is 19.2 Å². The minimum Gasteiger partial charge on any atom is -0.459 e. The number of hydrogen-bond acceptors (Lipinski definition) is 1. The van der Waals surface area contributed by atoms with Gasteiger partial charge in [-0.15, -0.1) is 0 Å². The molecule has 1 fully saturated rings. The van der Waals surface area contributed by atoms with E-state index < -0.39 is 0 Å². The molecule has 1 aliphatic heterocycles. The zero-order valence-electron chi connectivity index (χ0n) is 8.78. The lowest BCUT2D eigenvalue weighted by molar-refractivity contribution is -0.848. The lowest BCUT2D eigenvalue weighted by Gasteiger charge is -2.33. The maximum atomic E-state index is 11.7. The van der Waals surface area contributed by atoms with Crippen LogP contribution in [0.1, 0.15) is 5.56 Å². The molecule has 3 nitrogen and oxygen atoms in total. The van der Waals surface area contributed by atoms with Crippen LogP contribution < -0.4 is 4.90 Å². The average molecular weight is 204 g/mol. The quantitative estimate of drug-likeness (QED) is 0.658. The molecule has 0 aliphatic carbocycles. The Kier molecular flexibility index (Phi) is 3.02. The first-order chi connectivity index (χ1) is 7.25. The molecule has 2 rings (SSSR count). The molecule has 15 heavy (non-hydrogen) atoms. The van der Waals surface area contributed by atoms with E-state index in [1.165, 1.54) is 5.56 Å². The van der Waals surface area contributed by atoms with Gasteiger partial charge < -0.3 is 9.80 Å². The van der Waals surface area contributed by atoms with Crippen LogP contribution in [0.2, 0.25) is 0 Å². The Hall–Kier alpha value is -1.35. The summed E-state index contributed by atoms with van der Waals surface area (Å²) in [6.45, 7) is 3.00. The first kappa shape index (κ1) is 10.2. The molecule has 1 aliphatic rings. The topological polar surface area (TPSA) is 24.8 Å². The van der Waals surface area contributed by atoms with Crippen molar-refractivity contribution in [2.45, 2.75) is 6.54 Å². The van der Waals surface area contributed by atoms with Gasteiger partial charge >= 0.3 is 0 Å². The number of benzene rings is 1. The van der Waals surface area contributed by atoms with E-state index in [1.54, 1.807) is 0 Å². The zero-order valence-corrected chi connectivity index (χ0v) is 8.78. The normalized spacial score (nSPS) is 21.8. The molecular weight excluding hydrogens is 188 g/mol. The fourth-order valence-electron chi connectivity index (χ4n) is 1.80. The fraction of sp³-hybridized carbons (Fsp3) is 0.333. The minimum absolute atomic E-state index is 0.204. The van der Waals surface area contributed by atoms with Crippen molar-refractivity contribution in [2.24, 2.45) is 0 Å². The largest absolute Gasteiger partial charge is 0.459 e. The predicted molar refractivity (Wildman–Crippen MR) is 57.9 cm³/mol. The van der Waals surface area contributed by atoms with Crippen LogP contribution in [0, 0.1) is 7.05 Å². The SMILES string of the molecule is [CH2-][NH+]1CCN(Cc2ccccc2)C(=O)C1. The number of amides is 1. The first-order valence-electron chi connectivity index (χ1n) is 5.24. The molecule has 1 atom stereocenters. The monoisotopic (exact) mass is 204 g/mol. The third-order valence-electron chi connectivity index (χ3n) is 2.71. The number of rotatable bonds is 2. The van der Waals surface area contributed by atoms with Gasteiger partial charge in [0.15, 0.2) is 0 Å². The van der Waals surface area contributed by atoms with Crippen LogP contribution >= 0.6 is 0 Å². The van der Waals surface area contributed by atoms with Crippen molar-refractivity contribution in [3.63, 3.8) is 0 Å². The van der Waals surface area contributed by atoms with Gasteiger partial charge in [-0.25, -0.2) is 0 Å². The van der Waals surface area contributed by atoms with Gasteiger partial charge in [-0.3, -0.25) is 4.79 Å². The van der Waals surface area contributed by atoms with Crippen LogP contribution in [-0.4, -0.2) is 30.4 Å². The second-order valence-electron chi connectivity index (χ2n) is 3.98. The van der Waals surface area contributed by atoms with Crippen molar-refractivity contribution >= 4 is 5.91 Å². The summed E-state index contributed by atoms with van der Waals surface area (Å²) in [4.78, 5) is 14.6. The molecule has 0 aromatic heterocycles. The molecule has 3 heteroatoms. The summed E-state index contributed by atoms with van der Waals surface area (Å²) in [5.74, 6) is 0.204. The lowest BCUT2D eigenvalue weighted by Crippen LogP contribution is -3.10. The zero-order chi connectivity index (χ0) is 10.7. The van der Waals surface area contributed by atoms with Gasteiger partial charge in [-0.1, -0.05) is 30.3 Å². The Bertz CT molecular complexity index is 337. The summed E-state index contributed by atoms with van der Waals surface area (Å²) in [5.41, 5.74) is 1.19. The summed E-state index contributed by atoms with van der Waals surface area (Å²) >= 11 is 0. The van der Waals surface area contributed by atoms with Crippen molar-refractivity contribution in [1.29, 1.82) is 0 Å². The highest BCUT2D eigenvalue weighted by molar-refractivity contribution is 5.77. The van der Waals surface area contributed by atoms with E-state index in [1.807, 2.05) is 23.1 Å². The number of quaternary nitrogens is 1. The highest BCUT2D eigenvalue weighted by Gasteiger charge is 2.21. The smallest absolute Gasteiger partial charge is 0.275 e. The highest BCUT2D eigenvalue weighted by Crippen LogP contribution is 2.04. The van der Waals surface area contributed by atoms with Crippen LogP contribution in [0.5, 0.6) is 0 Å². The summed E-state index contributed by atoms with van der Waals surface area (Å²) < 4.78 is 0. The molecule has 1 unspecified atom stereocenters. The van der Waals surface area contributed by atoms with Crippen molar-refractivity contribution in [3.05, 3.63) is 42.9 Å². The van der Waals surface area contributed by atoms with E-state index in [0.29, 0.717) is 6.54 Å². The number of carbonyl (C=O) groups is 1. The molecular formula is C12H16N2O. The molecule has 0 saturated carbocycles. The number of piperazine rings is 1. The van der Waals surface area contributed by atoms with Crippen LogP contribution in [-0.2, 0) is 11.3 Å². The Labute approximate surface area is 90.3 Å².